The Morgan fingerprint density at radius 1 is 1.25 bits per heavy atom. The highest BCUT2D eigenvalue weighted by Crippen LogP contribution is 2.34. The molecule has 4 rings (SSSR count). The van der Waals surface area contributed by atoms with Gasteiger partial charge in [0, 0.05) is 16.6 Å². The van der Waals surface area contributed by atoms with Gasteiger partial charge in [-0.3, -0.25) is 13.9 Å². The molecule has 1 aromatic heterocycles. The van der Waals surface area contributed by atoms with Gasteiger partial charge >= 0.3 is 6.18 Å². The van der Waals surface area contributed by atoms with Crippen LogP contribution in [0.2, 0.25) is 5.02 Å². The quantitative estimate of drug-likeness (QED) is 0.398. The molecule has 0 aliphatic carbocycles. The first-order chi connectivity index (χ1) is 15.3. The SMILES string of the molecule is CCCSC1N=CC(=Cc2ccc3c(cnn3Cc3ccc(Cl)cc3C(F)(F)F)c2)S1=O. The summed E-state index contributed by atoms with van der Waals surface area (Å²) in [4.78, 5) is 4.99. The average Bonchev–Trinajstić information content (AvgIpc) is 3.30. The van der Waals surface area contributed by atoms with Crippen LogP contribution in [-0.4, -0.2) is 30.7 Å². The van der Waals surface area contributed by atoms with Gasteiger partial charge in [-0.05, 0) is 53.6 Å². The maximum Gasteiger partial charge on any atom is 0.416 e. The van der Waals surface area contributed by atoms with Crippen LogP contribution >= 0.6 is 23.4 Å². The Labute approximate surface area is 195 Å². The zero-order valence-electron chi connectivity index (χ0n) is 17.0. The summed E-state index contributed by atoms with van der Waals surface area (Å²) in [5, 5.41) is 5.09. The number of hydrogen-bond donors (Lipinski definition) is 0. The molecule has 2 atom stereocenters. The average molecular weight is 498 g/mol. The monoisotopic (exact) mass is 497 g/mol. The highest BCUT2D eigenvalue weighted by Gasteiger charge is 2.33. The second kappa shape index (κ2) is 9.41. The third-order valence-electron chi connectivity index (χ3n) is 4.88. The predicted octanol–water partition coefficient (Wildman–Crippen LogP) is 6.36. The lowest BCUT2D eigenvalue weighted by molar-refractivity contribution is -0.138. The van der Waals surface area contributed by atoms with Crippen LogP contribution in [0.1, 0.15) is 30.0 Å². The van der Waals surface area contributed by atoms with Crippen molar-refractivity contribution in [1.82, 2.24) is 9.78 Å². The molecular formula is C22H19ClF3N3OS2. The van der Waals surface area contributed by atoms with E-state index in [0.717, 1.165) is 29.2 Å². The minimum atomic E-state index is -4.51. The van der Waals surface area contributed by atoms with Crippen molar-refractivity contribution in [3.8, 4) is 0 Å². The van der Waals surface area contributed by atoms with Gasteiger partial charge in [-0.2, -0.15) is 18.3 Å². The fourth-order valence-electron chi connectivity index (χ4n) is 3.37. The molecular weight excluding hydrogens is 479 g/mol. The third kappa shape index (κ3) is 4.94. The van der Waals surface area contributed by atoms with Crippen molar-refractivity contribution >= 4 is 57.4 Å². The molecule has 0 radical (unpaired) electrons. The molecule has 32 heavy (non-hydrogen) atoms. The molecule has 0 fully saturated rings. The van der Waals surface area contributed by atoms with Crippen LogP contribution in [0.4, 0.5) is 13.2 Å². The van der Waals surface area contributed by atoms with Crippen molar-refractivity contribution in [2.24, 2.45) is 4.99 Å². The Morgan fingerprint density at radius 2 is 2.06 bits per heavy atom. The summed E-state index contributed by atoms with van der Waals surface area (Å²) in [6.07, 6.45) is 1.57. The summed E-state index contributed by atoms with van der Waals surface area (Å²) in [5.41, 5.74) is 0.850. The lowest BCUT2D eigenvalue weighted by atomic mass is 10.1. The Morgan fingerprint density at radius 3 is 2.81 bits per heavy atom. The van der Waals surface area contributed by atoms with E-state index in [-0.39, 0.29) is 21.8 Å². The van der Waals surface area contributed by atoms with E-state index >= 15 is 0 Å². The molecule has 168 valence electrons. The molecule has 1 aliphatic rings. The number of fused-ring (bicyclic) bond motifs is 1. The number of aromatic nitrogens is 2. The first-order valence-electron chi connectivity index (χ1n) is 9.84. The minimum absolute atomic E-state index is 0.0345. The molecule has 3 aromatic rings. The number of aliphatic imine (C=N–C) groups is 1. The Bertz CT molecular complexity index is 1240. The fraction of sp³-hybridized carbons (Fsp3) is 0.273. The van der Waals surface area contributed by atoms with Crippen LogP contribution in [0.25, 0.3) is 17.0 Å². The number of alkyl halides is 3. The zero-order valence-corrected chi connectivity index (χ0v) is 19.4. The Hall–Kier alpha value is -2.10. The lowest BCUT2D eigenvalue weighted by Gasteiger charge is -2.14. The van der Waals surface area contributed by atoms with Crippen LogP contribution in [0, 0.1) is 0 Å². The second-order valence-corrected chi connectivity index (χ2v) is 10.7. The van der Waals surface area contributed by atoms with Crippen molar-refractivity contribution in [2.75, 3.05) is 5.75 Å². The maximum atomic E-state index is 13.4. The number of nitrogens with zero attached hydrogens (tertiary/aromatic N) is 3. The van der Waals surface area contributed by atoms with E-state index in [9.17, 15) is 17.4 Å². The summed E-state index contributed by atoms with van der Waals surface area (Å²) in [6.45, 7) is 2.03. The molecule has 2 unspecified atom stereocenters. The van der Waals surface area contributed by atoms with E-state index in [1.807, 2.05) is 18.2 Å². The summed E-state index contributed by atoms with van der Waals surface area (Å²) in [5.74, 6) is 0.899. The van der Waals surface area contributed by atoms with Crippen molar-refractivity contribution in [2.45, 2.75) is 30.8 Å². The summed E-state index contributed by atoms with van der Waals surface area (Å²) in [6, 6.07) is 9.25. The molecule has 0 bridgehead atoms. The molecule has 1 aliphatic heterocycles. The number of halogens is 4. The molecule has 0 N–H and O–H groups in total. The van der Waals surface area contributed by atoms with E-state index in [4.69, 9.17) is 11.6 Å². The van der Waals surface area contributed by atoms with Crippen LogP contribution in [0.15, 0.2) is 52.5 Å². The topological polar surface area (TPSA) is 47.2 Å². The number of benzene rings is 2. The van der Waals surface area contributed by atoms with Gasteiger partial charge in [0.05, 0.1) is 39.5 Å². The van der Waals surface area contributed by atoms with E-state index in [0.29, 0.717) is 10.4 Å². The summed E-state index contributed by atoms with van der Waals surface area (Å²) in [7, 11) is -1.20. The Kier molecular flexibility index (Phi) is 6.78. The molecule has 2 aromatic carbocycles. The number of thioether (sulfide) groups is 1. The van der Waals surface area contributed by atoms with E-state index < -0.39 is 22.5 Å². The summed E-state index contributed by atoms with van der Waals surface area (Å²) >= 11 is 7.35. The molecule has 0 saturated carbocycles. The number of allylic oxidation sites excluding steroid dienone is 1. The molecule has 10 heteroatoms. The second-order valence-electron chi connectivity index (χ2n) is 7.22. The fourth-order valence-corrected chi connectivity index (χ4v) is 6.07. The van der Waals surface area contributed by atoms with Crippen LogP contribution < -0.4 is 0 Å². The van der Waals surface area contributed by atoms with Gasteiger partial charge < -0.3 is 0 Å². The molecule has 0 amide bonds. The van der Waals surface area contributed by atoms with Gasteiger partial charge in [0.25, 0.3) is 0 Å². The maximum absolute atomic E-state index is 13.4. The van der Waals surface area contributed by atoms with Gasteiger partial charge in [0.1, 0.15) is 0 Å². The standard InChI is InChI=1S/C22H19ClF3N3OS2/c1-2-7-31-21-27-12-18(32(21)30)9-14-3-6-20-16(8-14)11-28-29(20)13-15-4-5-17(23)10-19(15)22(24,25)26/h3-6,8-12,21H,2,7,13H2,1H3. The first-order valence-corrected chi connectivity index (χ1v) is 12.5. The molecule has 0 saturated heterocycles. The van der Waals surface area contributed by atoms with Crippen molar-refractivity contribution in [1.29, 1.82) is 0 Å². The van der Waals surface area contributed by atoms with Crippen LogP contribution in [0.5, 0.6) is 0 Å². The highest BCUT2D eigenvalue weighted by molar-refractivity contribution is 8.13. The van der Waals surface area contributed by atoms with Crippen molar-refractivity contribution in [3.63, 3.8) is 0 Å². The zero-order chi connectivity index (χ0) is 22.9. The van der Waals surface area contributed by atoms with Crippen molar-refractivity contribution < 1.29 is 17.4 Å². The van der Waals surface area contributed by atoms with E-state index in [2.05, 4.69) is 17.0 Å². The number of rotatable bonds is 6. The van der Waals surface area contributed by atoms with Gasteiger partial charge in [-0.25, -0.2) is 0 Å². The number of hydrogen-bond acceptors (Lipinski definition) is 4. The van der Waals surface area contributed by atoms with Crippen LogP contribution in [-0.2, 0) is 23.5 Å². The van der Waals surface area contributed by atoms with Gasteiger partial charge in [-0.15, -0.1) is 11.8 Å². The highest BCUT2D eigenvalue weighted by atomic mass is 35.5. The smallest absolute Gasteiger partial charge is 0.264 e. The van der Waals surface area contributed by atoms with Crippen LogP contribution in [0.3, 0.4) is 0 Å². The van der Waals surface area contributed by atoms with Crippen molar-refractivity contribution in [3.05, 3.63) is 69.2 Å². The molecule has 2 heterocycles. The Balaban J connectivity index is 1.59. The van der Waals surface area contributed by atoms with Gasteiger partial charge in [-0.1, -0.05) is 30.7 Å². The van der Waals surface area contributed by atoms with E-state index in [1.165, 1.54) is 16.8 Å². The van der Waals surface area contributed by atoms with E-state index in [1.54, 1.807) is 30.2 Å². The largest absolute Gasteiger partial charge is 0.416 e. The normalized spacial score (nSPS) is 20.0. The first kappa shape index (κ1) is 23.1. The van der Waals surface area contributed by atoms with Gasteiger partial charge in [0.15, 0.2) is 4.71 Å². The predicted molar refractivity (Wildman–Crippen MR) is 126 cm³/mol. The molecule has 4 nitrogen and oxygen atoms in total. The molecule has 0 spiro atoms. The lowest BCUT2D eigenvalue weighted by Crippen LogP contribution is -2.12. The summed E-state index contributed by atoms with van der Waals surface area (Å²) < 4.78 is 54.1. The third-order valence-corrected chi connectivity index (χ3v) is 8.27. The minimum Gasteiger partial charge on any atom is -0.264 e. The van der Waals surface area contributed by atoms with Gasteiger partial charge in [0.2, 0.25) is 0 Å².